The summed E-state index contributed by atoms with van der Waals surface area (Å²) in [6.07, 6.45) is -0.552. The second-order valence-electron chi connectivity index (χ2n) is 7.72. The Bertz CT molecular complexity index is 1210. The molecule has 0 fully saturated rings. The maximum atomic E-state index is 13.4. The molecule has 1 N–H and O–H groups in total. The first-order valence-electron chi connectivity index (χ1n) is 10.7. The number of rotatable bonds is 6. The van der Waals surface area contributed by atoms with Gasteiger partial charge in [-0.15, -0.1) is 0 Å². The second-order valence-corrected chi connectivity index (χ2v) is 9.71. The van der Waals surface area contributed by atoms with Crippen LogP contribution in [0.5, 0.6) is 0 Å². The van der Waals surface area contributed by atoms with Gasteiger partial charge in [0.15, 0.2) is 0 Å². The molecular weight excluding hydrogens is 588 g/mol. The molecule has 0 aliphatic rings. The Hall–Kier alpha value is -2.48. The van der Waals surface area contributed by atoms with Crippen LogP contribution in [0.4, 0.5) is 17.6 Å². The van der Waals surface area contributed by atoms with Gasteiger partial charge in [0.05, 0.1) is 0 Å². The average molecular weight is 610 g/mol. The highest BCUT2D eigenvalue weighted by atomic mass is 79.9. The van der Waals surface area contributed by atoms with Gasteiger partial charge in [0.1, 0.15) is 6.10 Å². The van der Waals surface area contributed by atoms with Crippen LogP contribution in [0.25, 0.3) is 0 Å². The van der Waals surface area contributed by atoms with E-state index >= 15 is 0 Å². The highest BCUT2D eigenvalue weighted by molar-refractivity contribution is 9.09. The molecular formula is C28H22Br2F4O. The summed E-state index contributed by atoms with van der Waals surface area (Å²) >= 11 is 4.75. The van der Waals surface area contributed by atoms with Gasteiger partial charge in [0, 0.05) is 11.1 Å². The molecule has 4 aromatic rings. The fraction of sp³-hybridized carbons (Fsp3) is 0.143. The summed E-state index contributed by atoms with van der Waals surface area (Å²) in [7, 11) is 0. The SMILES string of the molecule is FC(F)(Br)c1ccccc1Cc1ccccc1.OC(c1ccccc1)c1ccccc1C(F)(F)Br. The number of aliphatic hydroxyl groups excluding tert-OH is 1. The van der Waals surface area contributed by atoms with Gasteiger partial charge >= 0.3 is 9.66 Å². The van der Waals surface area contributed by atoms with Gasteiger partial charge in [0.25, 0.3) is 0 Å². The summed E-state index contributed by atoms with van der Waals surface area (Å²) in [5.41, 5.74) is 2.26. The van der Waals surface area contributed by atoms with Crippen molar-refractivity contribution in [1.29, 1.82) is 0 Å². The molecule has 182 valence electrons. The molecule has 0 aromatic heterocycles. The maximum Gasteiger partial charge on any atom is 0.327 e. The smallest absolute Gasteiger partial charge is 0.327 e. The van der Waals surface area contributed by atoms with Crippen molar-refractivity contribution in [3.05, 3.63) is 143 Å². The summed E-state index contributed by atoms with van der Waals surface area (Å²) < 4.78 is 53.5. The lowest BCUT2D eigenvalue weighted by Gasteiger charge is -2.18. The molecule has 0 spiro atoms. The summed E-state index contributed by atoms with van der Waals surface area (Å²) in [6, 6.07) is 30.9. The molecule has 1 atom stereocenters. The highest BCUT2D eigenvalue weighted by Gasteiger charge is 2.32. The van der Waals surface area contributed by atoms with Gasteiger partial charge < -0.3 is 5.11 Å². The molecule has 0 saturated carbocycles. The molecule has 0 saturated heterocycles. The van der Waals surface area contributed by atoms with Gasteiger partial charge in [-0.2, -0.15) is 17.6 Å². The third-order valence-electron chi connectivity index (χ3n) is 5.24. The molecule has 0 aliphatic heterocycles. The lowest BCUT2D eigenvalue weighted by atomic mass is 9.97. The van der Waals surface area contributed by atoms with Crippen LogP contribution in [-0.4, -0.2) is 5.11 Å². The highest BCUT2D eigenvalue weighted by Crippen LogP contribution is 2.40. The van der Waals surface area contributed by atoms with Crippen molar-refractivity contribution in [2.75, 3.05) is 0 Å². The Balaban J connectivity index is 0.000000196. The molecule has 1 nitrogen and oxygen atoms in total. The van der Waals surface area contributed by atoms with Gasteiger partial charge in [-0.25, -0.2) is 0 Å². The molecule has 0 amide bonds. The molecule has 0 aliphatic carbocycles. The van der Waals surface area contributed by atoms with E-state index in [1.54, 1.807) is 54.6 Å². The molecule has 0 radical (unpaired) electrons. The van der Waals surface area contributed by atoms with Crippen LogP contribution < -0.4 is 0 Å². The van der Waals surface area contributed by atoms with E-state index in [4.69, 9.17) is 0 Å². The summed E-state index contributed by atoms with van der Waals surface area (Å²) in [5, 5.41) is 10.2. The van der Waals surface area contributed by atoms with E-state index in [0.29, 0.717) is 17.5 Å². The van der Waals surface area contributed by atoms with Gasteiger partial charge in [0.2, 0.25) is 0 Å². The topological polar surface area (TPSA) is 20.2 Å². The van der Waals surface area contributed by atoms with Crippen molar-refractivity contribution in [3.8, 4) is 0 Å². The Morgan fingerprint density at radius 1 is 0.600 bits per heavy atom. The number of benzene rings is 4. The number of halogens is 6. The summed E-state index contributed by atoms with van der Waals surface area (Å²) in [5.74, 6) is 0. The van der Waals surface area contributed by atoms with E-state index in [2.05, 4.69) is 31.9 Å². The average Bonchev–Trinajstić information content (AvgIpc) is 2.84. The monoisotopic (exact) mass is 608 g/mol. The predicted octanol–water partition coefficient (Wildman–Crippen LogP) is 8.93. The lowest BCUT2D eigenvalue weighted by Crippen LogP contribution is -2.11. The quantitative estimate of drug-likeness (QED) is 0.171. The zero-order valence-electron chi connectivity index (χ0n) is 18.4. The Labute approximate surface area is 218 Å². The van der Waals surface area contributed by atoms with Gasteiger partial charge in [-0.3, -0.25) is 0 Å². The Morgan fingerprint density at radius 3 is 1.63 bits per heavy atom. The number of aliphatic hydroxyl groups is 1. The van der Waals surface area contributed by atoms with Crippen LogP contribution in [0.1, 0.15) is 39.5 Å². The van der Waals surface area contributed by atoms with Gasteiger partial charge in [-0.05, 0) is 60.5 Å². The fourth-order valence-corrected chi connectivity index (χ4v) is 4.32. The Kier molecular flexibility index (Phi) is 9.27. The fourth-order valence-electron chi connectivity index (χ4n) is 3.58. The minimum Gasteiger partial charge on any atom is -0.384 e. The first-order chi connectivity index (χ1) is 16.6. The van der Waals surface area contributed by atoms with Crippen LogP contribution in [0.15, 0.2) is 109 Å². The van der Waals surface area contributed by atoms with Crippen molar-refractivity contribution >= 4 is 31.9 Å². The maximum absolute atomic E-state index is 13.4. The molecule has 0 bridgehead atoms. The van der Waals surface area contributed by atoms with Crippen molar-refractivity contribution in [2.24, 2.45) is 0 Å². The number of hydrogen-bond donors (Lipinski definition) is 1. The zero-order chi connectivity index (χ0) is 25.5. The minimum atomic E-state index is -3.15. The molecule has 1 unspecified atom stereocenters. The third-order valence-corrected chi connectivity index (χ3v) is 6.09. The summed E-state index contributed by atoms with van der Waals surface area (Å²) in [4.78, 5) is -6.13. The zero-order valence-corrected chi connectivity index (χ0v) is 21.6. The van der Waals surface area contributed by atoms with E-state index in [1.807, 2.05) is 30.3 Å². The van der Waals surface area contributed by atoms with Crippen molar-refractivity contribution in [1.82, 2.24) is 0 Å². The first kappa shape index (κ1) is 27.1. The van der Waals surface area contributed by atoms with E-state index in [9.17, 15) is 22.7 Å². The predicted molar refractivity (Wildman–Crippen MR) is 138 cm³/mol. The minimum absolute atomic E-state index is 0.0313. The second kappa shape index (κ2) is 12.0. The first-order valence-corrected chi connectivity index (χ1v) is 12.2. The molecule has 4 aromatic carbocycles. The number of hydrogen-bond acceptors (Lipinski definition) is 1. The van der Waals surface area contributed by atoms with E-state index in [-0.39, 0.29) is 16.7 Å². The van der Waals surface area contributed by atoms with E-state index < -0.39 is 15.8 Å². The van der Waals surface area contributed by atoms with Crippen molar-refractivity contribution in [3.63, 3.8) is 0 Å². The van der Waals surface area contributed by atoms with E-state index in [1.165, 1.54) is 24.3 Å². The number of alkyl halides is 6. The van der Waals surface area contributed by atoms with Crippen molar-refractivity contribution < 1.29 is 22.7 Å². The lowest BCUT2D eigenvalue weighted by molar-refractivity contribution is 0.109. The Morgan fingerprint density at radius 2 is 1.06 bits per heavy atom. The van der Waals surface area contributed by atoms with Crippen molar-refractivity contribution in [2.45, 2.75) is 22.2 Å². The van der Waals surface area contributed by atoms with Crippen LogP contribution >= 0.6 is 31.9 Å². The van der Waals surface area contributed by atoms with Crippen LogP contribution in [-0.2, 0) is 16.1 Å². The summed E-state index contributed by atoms with van der Waals surface area (Å²) in [6.45, 7) is 0. The normalized spacial score (nSPS) is 12.4. The molecule has 0 heterocycles. The van der Waals surface area contributed by atoms with Crippen LogP contribution in [0.2, 0.25) is 0 Å². The molecule has 35 heavy (non-hydrogen) atoms. The van der Waals surface area contributed by atoms with E-state index in [0.717, 1.165) is 5.56 Å². The standard InChI is InChI=1S/C14H11BrF2O.C14H11BrF2/c15-14(16,17)12-9-5-4-8-11(12)13(18)10-6-2-1-3-7-10;15-14(16,17)13-9-5-4-8-12(13)10-11-6-2-1-3-7-11/h1-9,13,18H;1-9H,10H2. The third kappa shape index (κ3) is 7.75. The van der Waals surface area contributed by atoms with Gasteiger partial charge in [-0.1, -0.05) is 109 Å². The largest absolute Gasteiger partial charge is 0.384 e. The molecule has 4 rings (SSSR count). The van der Waals surface area contributed by atoms with Crippen LogP contribution in [0.3, 0.4) is 0 Å². The molecule has 7 heteroatoms. The van der Waals surface area contributed by atoms with Crippen LogP contribution in [0, 0.1) is 0 Å².